The minimum Gasteiger partial charge on any atom is -0.294 e. The third kappa shape index (κ3) is 8.88. The lowest BCUT2D eigenvalue weighted by Crippen LogP contribution is -2.06. The molecule has 0 saturated heterocycles. The van der Waals surface area contributed by atoms with Crippen molar-refractivity contribution in [2.75, 3.05) is 0 Å². The Bertz CT molecular complexity index is 1640. The van der Waals surface area contributed by atoms with Crippen molar-refractivity contribution in [3.8, 4) is 0 Å². The van der Waals surface area contributed by atoms with Crippen LogP contribution in [0, 0.1) is 5.82 Å². The highest BCUT2D eigenvalue weighted by Gasteiger charge is 2.16. The Balaban J connectivity index is 0.000000219. The van der Waals surface area contributed by atoms with Gasteiger partial charge in [0.25, 0.3) is 0 Å². The lowest BCUT2D eigenvalue weighted by molar-refractivity contribution is 0.0915. The summed E-state index contributed by atoms with van der Waals surface area (Å²) < 4.78 is 13.0. The van der Waals surface area contributed by atoms with E-state index in [1.807, 2.05) is 38.1 Å². The number of ketones is 4. The molecule has 0 unspecified atom stereocenters. The number of nitrogens with one attached hydrogen (secondary N) is 1. The monoisotopic (exact) mass is 567 g/mol. The first-order chi connectivity index (χ1) is 20.4. The summed E-state index contributed by atoms with van der Waals surface area (Å²) in [7, 11) is 0. The van der Waals surface area contributed by atoms with Crippen LogP contribution in [-0.4, -0.2) is 48.5 Å². The minimum atomic E-state index is -0.457. The SMILES string of the molecule is CC.O=C(CCC(=O)c1ccccn1)c1cccc(F)c1.O=C(CCC(=O)c1n[nH]c2ccccc12)c1ccnnc1. The summed E-state index contributed by atoms with van der Waals surface area (Å²) in [4.78, 5) is 51.6. The zero-order chi connectivity index (χ0) is 30.3. The molecule has 0 aliphatic heterocycles. The van der Waals surface area contributed by atoms with Crippen molar-refractivity contribution in [1.82, 2.24) is 25.4 Å². The molecule has 0 radical (unpaired) electrons. The molecule has 2 aromatic carbocycles. The summed E-state index contributed by atoms with van der Waals surface area (Å²) in [6.07, 6.45) is 4.77. The number of carbonyl (C=O) groups excluding carboxylic acids is 4. The van der Waals surface area contributed by atoms with Crippen LogP contribution in [0.5, 0.6) is 0 Å². The number of benzene rings is 2. The van der Waals surface area contributed by atoms with Gasteiger partial charge >= 0.3 is 0 Å². The fraction of sp³-hybridized carbons (Fsp3) is 0.188. The van der Waals surface area contributed by atoms with Gasteiger partial charge in [0.1, 0.15) is 17.2 Å². The molecule has 0 atom stereocenters. The molecule has 214 valence electrons. The predicted molar refractivity (Wildman–Crippen MR) is 156 cm³/mol. The van der Waals surface area contributed by atoms with E-state index < -0.39 is 5.82 Å². The second-order valence-corrected chi connectivity index (χ2v) is 8.67. The van der Waals surface area contributed by atoms with Gasteiger partial charge in [-0.05, 0) is 36.4 Å². The molecular weight excluding hydrogens is 537 g/mol. The number of aromatic amines is 1. The molecule has 1 N–H and O–H groups in total. The highest BCUT2D eigenvalue weighted by atomic mass is 19.1. The van der Waals surface area contributed by atoms with Crippen LogP contribution in [0.25, 0.3) is 10.9 Å². The Morgan fingerprint density at radius 3 is 2.07 bits per heavy atom. The Morgan fingerprint density at radius 1 is 0.690 bits per heavy atom. The molecular formula is C32H30FN5O4. The average molecular weight is 568 g/mol. The second kappa shape index (κ2) is 16.1. The first-order valence-electron chi connectivity index (χ1n) is 13.4. The molecule has 3 aromatic heterocycles. The smallest absolute Gasteiger partial charge is 0.184 e. The van der Waals surface area contributed by atoms with Gasteiger partial charge in [-0.1, -0.05) is 50.2 Å². The van der Waals surface area contributed by atoms with Crippen LogP contribution in [-0.2, 0) is 0 Å². The van der Waals surface area contributed by atoms with Crippen LogP contribution in [0.3, 0.4) is 0 Å². The van der Waals surface area contributed by atoms with Gasteiger partial charge in [-0.15, -0.1) is 0 Å². The summed E-state index contributed by atoms with van der Waals surface area (Å²) in [5, 5.41) is 14.9. The number of halogens is 1. The quantitative estimate of drug-likeness (QED) is 0.194. The van der Waals surface area contributed by atoms with Crippen molar-refractivity contribution in [3.05, 3.63) is 120 Å². The van der Waals surface area contributed by atoms with E-state index in [4.69, 9.17) is 0 Å². The van der Waals surface area contributed by atoms with E-state index in [2.05, 4.69) is 25.4 Å². The molecule has 0 saturated carbocycles. The van der Waals surface area contributed by atoms with Crippen LogP contribution in [0.2, 0.25) is 0 Å². The Labute approximate surface area is 242 Å². The average Bonchev–Trinajstić information content (AvgIpc) is 3.49. The Hall–Kier alpha value is -5.25. The van der Waals surface area contributed by atoms with E-state index in [-0.39, 0.29) is 54.4 Å². The van der Waals surface area contributed by atoms with Crippen LogP contribution in [0.1, 0.15) is 81.2 Å². The van der Waals surface area contributed by atoms with Gasteiger partial charge in [0, 0.05) is 48.4 Å². The molecule has 0 amide bonds. The number of pyridine rings is 1. The lowest BCUT2D eigenvalue weighted by Gasteiger charge is -2.01. The van der Waals surface area contributed by atoms with Gasteiger partial charge in [-0.3, -0.25) is 29.3 Å². The maximum absolute atomic E-state index is 13.0. The highest BCUT2D eigenvalue weighted by molar-refractivity contribution is 6.07. The van der Waals surface area contributed by atoms with Crippen LogP contribution in [0.4, 0.5) is 4.39 Å². The lowest BCUT2D eigenvalue weighted by atomic mass is 10.0. The number of hydrogen-bond donors (Lipinski definition) is 1. The van der Waals surface area contributed by atoms with Crippen molar-refractivity contribution in [2.24, 2.45) is 0 Å². The Kier molecular flexibility index (Phi) is 12.0. The summed E-state index contributed by atoms with van der Waals surface area (Å²) in [6, 6.07) is 19.5. The first-order valence-corrected chi connectivity index (χ1v) is 13.4. The third-order valence-corrected chi connectivity index (χ3v) is 5.90. The maximum atomic E-state index is 13.0. The molecule has 0 spiro atoms. The van der Waals surface area contributed by atoms with E-state index in [1.165, 1.54) is 42.9 Å². The normalized spacial score (nSPS) is 10.1. The molecule has 0 aliphatic carbocycles. The first kappa shape index (κ1) is 31.3. The fourth-order valence-corrected chi connectivity index (χ4v) is 3.81. The van der Waals surface area contributed by atoms with Crippen molar-refractivity contribution >= 4 is 34.0 Å². The summed E-state index contributed by atoms with van der Waals surface area (Å²) in [6.45, 7) is 4.00. The van der Waals surface area contributed by atoms with Crippen molar-refractivity contribution in [1.29, 1.82) is 0 Å². The van der Waals surface area contributed by atoms with Crippen molar-refractivity contribution < 1.29 is 23.6 Å². The number of rotatable bonds is 10. The molecule has 0 aliphatic rings. The van der Waals surface area contributed by atoms with Crippen LogP contribution in [0.15, 0.2) is 91.4 Å². The number of nitrogens with zero attached hydrogens (tertiary/aromatic N) is 4. The van der Waals surface area contributed by atoms with Gasteiger partial charge < -0.3 is 0 Å². The zero-order valence-electron chi connectivity index (χ0n) is 23.3. The zero-order valence-corrected chi connectivity index (χ0v) is 23.3. The van der Waals surface area contributed by atoms with E-state index >= 15 is 0 Å². The van der Waals surface area contributed by atoms with Gasteiger partial charge in [0.15, 0.2) is 23.1 Å². The van der Waals surface area contributed by atoms with Crippen LogP contribution < -0.4 is 0 Å². The van der Waals surface area contributed by atoms with Gasteiger partial charge in [-0.25, -0.2) is 4.39 Å². The number of para-hydroxylation sites is 1. The summed E-state index contributed by atoms with van der Waals surface area (Å²) in [5.74, 6) is -1.17. The van der Waals surface area contributed by atoms with E-state index in [9.17, 15) is 23.6 Å². The number of H-pyrrole nitrogens is 1. The largest absolute Gasteiger partial charge is 0.294 e. The number of hydrogen-bond acceptors (Lipinski definition) is 8. The van der Waals surface area contributed by atoms with E-state index in [1.54, 1.807) is 24.3 Å². The number of carbonyl (C=O) groups is 4. The molecule has 42 heavy (non-hydrogen) atoms. The molecule has 9 nitrogen and oxygen atoms in total. The third-order valence-electron chi connectivity index (χ3n) is 5.90. The fourth-order valence-electron chi connectivity index (χ4n) is 3.81. The minimum absolute atomic E-state index is 0.0544. The molecule has 0 fully saturated rings. The van der Waals surface area contributed by atoms with Crippen molar-refractivity contribution in [2.45, 2.75) is 39.5 Å². The van der Waals surface area contributed by atoms with Gasteiger partial charge in [-0.2, -0.15) is 15.3 Å². The van der Waals surface area contributed by atoms with Gasteiger partial charge in [0.05, 0.1) is 17.9 Å². The number of Topliss-reactive ketones (excluding diaryl/α,β-unsaturated/α-hetero) is 4. The highest BCUT2D eigenvalue weighted by Crippen LogP contribution is 2.17. The van der Waals surface area contributed by atoms with Gasteiger partial charge in [0.2, 0.25) is 0 Å². The molecule has 3 heterocycles. The van der Waals surface area contributed by atoms with Crippen LogP contribution >= 0.6 is 0 Å². The topological polar surface area (TPSA) is 136 Å². The standard InChI is InChI=1S/C15H12FNO2.C15H12N4O2.C2H6/c16-12-5-3-4-11(10-12)14(18)7-8-15(19)13-6-1-2-9-17-13;20-13(10-7-8-16-17-9-10)5-6-14(21)15-11-3-1-2-4-12(11)18-19-15;1-2/h1-6,9-10H,7-8H2;1-4,7-9H,5-6H2,(H,18,19);1-2H3. The van der Waals surface area contributed by atoms with Crippen molar-refractivity contribution in [3.63, 3.8) is 0 Å². The van der Waals surface area contributed by atoms with E-state index in [0.717, 1.165) is 10.9 Å². The maximum Gasteiger partial charge on any atom is 0.184 e. The predicted octanol–water partition coefficient (Wildman–Crippen LogP) is 6.29. The molecule has 10 heteroatoms. The summed E-state index contributed by atoms with van der Waals surface area (Å²) in [5.41, 5.74) is 2.28. The molecule has 5 rings (SSSR count). The summed E-state index contributed by atoms with van der Waals surface area (Å²) >= 11 is 0. The Morgan fingerprint density at radius 2 is 1.38 bits per heavy atom. The second-order valence-electron chi connectivity index (χ2n) is 8.67. The molecule has 0 bridgehead atoms. The number of aromatic nitrogens is 5. The van der Waals surface area contributed by atoms with E-state index in [0.29, 0.717) is 17.0 Å². The molecule has 5 aromatic rings. The number of fused-ring (bicyclic) bond motifs is 1.